The molecule has 2 saturated carbocycles. The van der Waals surface area contributed by atoms with Gasteiger partial charge in [0.05, 0.1) is 12.2 Å². The van der Waals surface area contributed by atoms with E-state index in [1.54, 1.807) is 0 Å². The highest BCUT2D eigenvalue weighted by Crippen LogP contribution is 2.31. The second kappa shape index (κ2) is 7.49. The summed E-state index contributed by atoms with van der Waals surface area (Å²) in [5.41, 5.74) is 0. The number of nitrogens with one attached hydrogen (secondary N) is 1. The second-order valence-corrected chi connectivity index (χ2v) is 6.22. The van der Waals surface area contributed by atoms with Crippen LogP contribution in [0.4, 0.5) is 0 Å². The Kier molecular flexibility index (Phi) is 5.97. The van der Waals surface area contributed by atoms with Crippen LogP contribution in [0.15, 0.2) is 0 Å². The van der Waals surface area contributed by atoms with Crippen LogP contribution in [0.25, 0.3) is 0 Å². The minimum absolute atomic E-state index is 0.558. The van der Waals surface area contributed by atoms with Crippen molar-refractivity contribution in [2.75, 3.05) is 6.54 Å². The Labute approximate surface area is 113 Å². The van der Waals surface area contributed by atoms with E-state index >= 15 is 0 Å². The van der Waals surface area contributed by atoms with Crippen LogP contribution in [0.3, 0.4) is 0 Å². The van der Waals surface area contributed by atoms with Gasteiger partial charge < -0.3 is 10.1 Å². The van der Waals surface area contributed by atoms with Gasteiger partial charge in [-0.1, -0.05) is 20.3 Å². The summed E-state index contributed by atoms with van der Waals surface area (Å²) in [4.78, 5) is 0. The molecule has 2 rings (SSSR count). The van der Waals surface area contributed by atoms with E-state index in [1.807, 2.05) is 0 Å². The summed E-state index contributed by atoms with van der Waals surface area (Å²) in [6, 6.07) is 0.755. The zero-order valence-electron chi connectivity index (χ0n) is 12.3. The van der Waals surface area contributed by atoms with Crippen molar-refractivity contribution in [3.63, 3.8) is 0 Å². The molecular formula is C16H31NO. The first-order valence-corrected chi connectivity index (χ1v) is 8.20. The molecule has 2 nitrogen and oxygen atoms in total. The van der Waals surface area contributed by atoms with Gasteiger partial charge in [-0.25, -0.2) is 0 Å². The quantitative estimate of drug-likeness (QED) is 0.802. The maximum Gasteiger partial charge on any atom is 0.0580 e. The van der Waals surface area contributed by atoms with Crippen molar-refractivity contribution >= 4 is 0 Å². The van der Waals surface area contributed by atoms with E-state index in [2.05, 4.69) is 19.2 Å². The molecule has 0 aromatic rings. The number of hydrogen-bond donors (Lipinski definition) is 1. The van der Waals surface area contributed by atoms with E-state index < -0.39 is 0 Å². The van der Waals surface area contributed by atoms with Gasteiger partial charge in [0.25, 0.3) is 0 Å². The average Bonchev–Trinajstić information content (AvgIpc) is 2.42. The molecule has 0 spiro atoms. The lowest BCUT2D eigenvalue weighted by atomic mass is 9.85. The van der Waals surface area contributed by atoms with E-state index in [-0.39, 0.29) is 0 Å². The van der Waals surface area contributed by atoms with Gasteiger partial charge in [-0.3, -0.25) is 0 Å². The molecule has 2 heteroatoms. The van der Waals surface area contributed by atoms with Crippen molar-refractivity contribution in [3.05, 3.63) is 0 Å². The van der Waals surface area contributed by atoms with Gasteiger partial charge in [-0.05, 0) is 63.8 Å². The molecule has 1 N–H and O–H groups in total. The van der Waals surface area contributed by atoms with E-state index in [4.69, 9.17) is 4.74 Å². The van der Waals surface area contributed by atoms with Crippen molar-refractivity contribution in [3.8, 4) is 0 Å². The molecule has 106 valence electrons. The molecule has 0 bridgehead atoms. The Bertz CT molecular complexity index is 215. The van der Waals surface area contributed by atoms with Gasteiger partial charge in [-0.15, -0.1) is 0 Å². The van der Waals surface area contributed by atoms with Crippen LogP contribution in [-0.2, 0) is 4.74 Å². The van der Waals surface area contributed by atoms with Crippen LogP contribution in [0, 0.1) is 5.92 Å². The minimum Gasteiger partial charge on any atom is -0.375 e. The molecular weight excluding hydrogens is 222 g/mol. The molecule has 2 aliphatic rings. The van der Waals surface area contributed by atoms with Crippen LogP contribution < -0.4 is 5.32 Å². The number of hydrogen-bond acceptors (Lipinski definition) is 2. The summed E-state index contributed by atoms with van der Waals surface area (Å²) in [7, 11) is 0. The molecule has 2 aliphatic carbocycles. The fourth-order valence-corrected chi connectivity index (χ4v) is 3.64. The zero-order valence-corrected chi connectivity index (χ0v) is 12.3. The van der Waals surface area contributed by atoms with E-state index in [0.717, 1.165) is 18.5 Å². The molecule has 0 amide bonds. The first kappa shape index (κ1) is 14.3. The maximum absolute atomic E-state index is 6.32. The van der Waals surface area contributed by atoms with Crippen molar-refractivity contribution in [2.24, 2.45) is 5.92 Å². The summed E-state index contributed by atoms with van der Waals surface area (Å²) in [6.45, 7) is 5.64. The Balaban J connectivity index is 1.63. The van der Waals surface area contributed by atoms with Gasteiger partial charge in [0, 0.05) is 6.04 Å². The fourth-order valence-electron chi connectivity index (χ4n) is 3.64. The molecule has 0 aromatic heterocycles. The van der Waals surface area contributed by atoms with Crippen molar-refractivity contribution in [2.45, 2.75) is 89.9 Å². The Hall–Kier alpha value is -0.0800. The smallest absolute Gasteiger partial charge is 0.0580 e. The van der Waals surface area contributed by atoms with Crippen LogP contribution in [0.5, 0.6) is 0 Å². The monoisotopic (exact) mass is 253 g/mol. The Morgan fingerprint density at radius 3 is 1.89 bits per heavy atom. The summed E-state index contributed by atoms with van der Waals surface area (Å²) in [5, 5.41) is 3.57. The van der Waals surface area contributed by atoms with E-state index in [9.17, 15) is 0 Å². The van der Waals surface area contributed by atoms with Crippen molar-refractivity contribution < 1.29 is 4.74 Å². The lowest BCUT2D eigenvalue weighted by Crippen LogP contribution is -2.37. The van der Waals surface area contributed by atoms with Gasteiger partial charge in [0.15, 0.2) is 0 Å². The topological polar surface area (TPSA) is 21.3 Å². The molecule has 0 radical (unpaired) electrons. The van der Waals surface area contributed by atoms with Crippen LogP contribution in [-0.4, -0.2) is 24.8 Å². The molecule has 18 heavy (non-hydrogen) atoms. The highest BCUT2D eigenvalue weighted by Gasteiger charge is 2.26. The summed E-state index contributed by atoms with van der Waals surface area (Å²) < 4.78 is 6.32. The zero-order chi connectivity index (χ0) is 12.8. The molecule has 2 fully saturated rings. The number of ether oxygens (including phenoxy) is 1. The molecule has 0 aromatic carbocycles. The number of rotatable bonds is 5. The minimum atomic E-state index is 0.558. The fraction of sp³-hybridized carbons (Fsp3) is 1.00. The lowest BCUT2D eigenvalue weighted by Gasteiger charge is -2.34. The molecule has 0 heterocycles. The highest BCUT2D eigenvalue weighted by molar-refractivity contribution is 4.79. The van der Waals surface area contributed by atoms with Gasteiger partial charge >= 0.3 is 0 Å². The second-order valence-electron chi connectivity index (χ2n) is 6.22. The van der Waals surface area contributed by atoms with Gasteiger partial charge in [-0.2, -0.15) is 0 Å². The largest absolute Gasteiger partial charge is 0.375 e. The molecule has 0 aliphatic heterocycles. The van der Waals surface area contributed by atoms with Crippen LogP contribution in [0.2, 0.25) is 0 Å². The predicted molar refractivity (Wildman–Crippen MR) is 76.8 cm³/mol. The highest BCUT2D eigenvalue weighted by atomic mass is 16.5. The standard InChI is InChI=1S/C16H31NO/c1-3-13-5-9-15(10-6-13)18-16-11-7-14(8-12-16)17-4-2/h13-17H,3-12H2,1-2H3. The summed E-state index contributed by atoms with van der Waals surface area (Å²) in [6.07, 6.45) is 13.1. The molecule has 0 atom stereocenters. The third-order valence-corrected chi connectivity index (χ3v) is 4.92. The predicted octanol–water partition coefficient (Wildman–Crippen LogP) is 3.89. The van der Waals surface area contributed by atoms with E-state index in [0.29, 0.717) is 12.2 Å². The normalized spacial score (nSPS) is 37.7. The average molecular weight is 253 g/mol. The summed E-state index contributed by atoms with van der Waals surface area (Å²) in [5.74, 6) is 0.981. The van der Waals surface area contributed by atoms with Crippen molar-refractivity contribution in [1.82, 2.24) is 5.32 Å². The van der Waals surface area contributed by atoms with Gasteiger partial charge in [0.1, 0.15) is 0 Å². The summed E-state index contributed by atoms with van der Waals surface area (Å²) >= 11 is 0. The Morgan fingerprint density at radius 2 is 1.39 bits per heavy atom. The van der Waals surface area contributed by atoms with Crippen LogP contribution in [0.1, 0.15) is 71.6 Å². The van der Waals surface area contributed by atoms with Gasteiger partial charge in [0.2, 0.25) is 0 Å². The maximum atomic E-state index is 6.32. The van der Waals surface area contributed by atoms with Crippen molar-refractivity contribution in [1.29, 1.82) is 0 Å². The third-order valence-electron chi connectivity index (χ3n) is 4.92. The molecule has 0 saturated heterocycles. The third kappa shape index (κ3) is 4.24. The SMILES string of the molecule is CCNC1CCC(OC2CCC(CC)CC2)CC1. The van der Waals surface area contributed by atoms with Crippen LogP contribution >= 0.6 is 0 Å². The lowest BCUT2D eigenvalue weighted by molar-refractivity contribution is -0.0539. The Morgan fingerprint density at radius 1 is 0.833 bits per heavy atom. The van der Waals surface area contributed by atoms with E-state index in [1.165, 1.54) is 57.8 Å². The first-order valence-electron chi connectivity index (χ1n) is 8.20. The first-order chi connectivity index (χ1) is 8.81. The molecule has 0 unspecified atom stereocenters.